The molecule has 0 spiro atoms. The van der Waals surface area contributed by atoms with Crippen molar-refractivity contribution in [3.8, 4) is 0 Å². The Morgan fingerprint density at radius 1 is 0.516 bits per heavy atom. The quantitative estimate of drug-likeness (QED) is 0.518. The van der Waals surface area contributed by atoms with Gasteiger partial charge in [-0.3, -0.25) is 14.4 Å². The monoisotopic (exact) mass is 451 g/mol. The Labute approximate surface area is 183 Å². The fourth-order valence-corrected chi connectivity index (χ4v) is 1.32. The Morgan fingerprint density at radius 3 is 0.677 bits per heavy atom. The van der Waals surface area contributed by atoms with E-state index in [0.717, 1.165) is 0 Å². The molecular formula is C19H37N3O9. The number of likely N-dealkylation sites (N-methyl/N-ethyl adjacent to an activating group) is 3. The van der Waals surface area contributed by atoms with Crippen molar-refractivity contribution in [3.63, 3.8) is 0 Å². The predicted octanol–water partition coefficient (Wildman–Crippen LogP) is 0.450. The van der Waals surface area contributed by atoms with Gasteiger partial charge in [0.25, 0.3) is 0 Å². The molecule has 12 nitrogen and oxygen atoms in total. The van der Waals surface area contributed by atoms with Crippen LogP contribution < -0.4 is 0 Å². The minimum Gasteiger partial charge on any atom is -0.480 e. The lowest BCUT2D eigenvalue weighted by Gasteiger charge is -2.18. The third kappa shape index (κ3) is 15.3. The van der Waals surface area contributed by atoms with Crippen molar-refractivity contribution in [1.29, 1.82) is 0 Å². The van der Waals surface area contributed by atoms with Gasteiger partial charge in [-0.25, -0.2) is 14.4 Å². The van der Waals surface area contributed by atoms with E-state index < -0.39 is 36.0 Å². The molecule has 0 saturated carbocycles. The molecule has 0 saturated heterocycles. The highest BCUT2D eigenvalue weighted by molar-refractivity contribution is 5.82. The number of carbonyl (C=O) groups excluding carboxylic acids is 3. The summed E-state index contributed by atoms with van der Waals surface area (Å²) in [6.45, 7) is 8.38. The molecule has 0 bridgehead atoms. The van der Waals surface area contributed by atoms with E-state index in [1.165, 1.54) is 77.4 Å². The van der Waals surface area contributed by atoms with Crippen LogP contribution in [-0.4, -0.2) is 105 Å². The summed E-state index contributed by atoms with van der Waals surface area (Å²) in [4.78, 5) is 65.9. The summed E-state index contributed by atoms with van der Waals surface area (Å²) in [5.41, 5.74) is 0. The lowest BCUT2D eigenvalue weighted by molar-refractivity contribution is -0.147. The van der Waals surface area contributed by atoms with E-state index in [0.29, 0.717) is 0 Å². The van der Waals surface area contributed by atoms with Crippen LogP contribution >= 0.6 is 0 Å². The zero-order valence-corrected chi connectivity index (χ0v) is 18.9. The summed E-state index contributed by atoms with van der Waals surface area (Å²) in [6, 6.07) is -2.22. The minimum atomic E-state index is -0.988. The van der Waals surface area contributed by atoms with Gasteiger partial charge in [0, 0.05) is 41.9 Å². The van der Waals surface area contributed by atoms with E-state index in [1.807, 2.05) is 0 Å². The van der Waals surface area contributed by atoms with Crippen LogP contribution in [0, 0.1) is 0 Å². The maximum absolute atomic E-state index is 10.6. The van der Waals surface area contributed by atoms with Crippen LogP contribution in [0.15, 0.2) is 0 Å². The van der Waals surface area contributed by atoms with E-state index in [2.05, 4.69) is 0 Å². The summed E-state index contributed by atoms with van der Waals surface area (Å²) in [7, 11) is 4.38. The van der Waals surface area contributed by atoms with Gasteiger partial charge in [0.2, 0.25) is 17.7 Å². The summed E-state index contributed by atoms with van der Waals surface area (Å²) in [5.74, 6) is -3.69. The van der Waals surface area contributed by atoms with E-state index in [4.69, 9.17) is 15.3 Å². The van der Waals surface area contributed by atoms with Crippen LogP contribution in [0.25, 0.3) is 0 Å². The molecule has 3 N–H and O–H groups in total. The first-order chi connectivity index (χ1) is 13.4. The van der Waals surface area contributed by atoms with Gasteiger partial charge >= 0.3 is 17.9 Å². The topological polar surface area (TPSA) is 173 Å². The third-order valence-corrected chi connectivity index (χ3v) is 4.31. The molecule has 0 rings (SSSR count). The smallest absolute Gasteiger partial charge is 0.326 e. The molecule has 3 amide bonds. The summed E-state index contributed by atoms with van der Waals surface area (Å²) in [5, 5.41) is 25.2. The Bertz CT molecular complexity index is 498. The van der Waals surface area contributed by atoms with Crippen LogP contribution in [0.4, 0.5) is 0 Å². The highest BCUT2D eigenvalue weighted by atomic mass is 16.4. The van der Waals surface area contributed by atoms with Crippen LogP contribution in [0.5, 0.6) is 0 Å². The van der Waals surface area contributed by atoms with Crippen LogP contribution in [0.3, 0.4) is 0 Å². The molecule has 1 unspecified atom stereocenters. The SMILES string of the molecule is C.CC(=O)N(C)C(C)C(=O)O.CC(=O)N(C)[C@@H](C)C(=O)O.CC(=O)N(C)[C@H](C)C(=O)O. The van der Waals surface area contributed by atoms with Gasteiger partial charge in [0.1, 0.15) is 18.1 Å². The van der Waals surface area contributed by atoms with Crippen molar-refractivity contribution in [2.75, 3.05) is 21.1 Å². The molecule has 31 heavy (non-hydrogen) atoms. The van der Waals surface area contributed by atoms with Gasteiger partial charge in [-0.1, -0.05) is 7.43 Å². The number of amides is 3. The van der Waals surface area contributed by atoms with Gasteiger partial charge < -0.3 is 30.0 Å². The zero-order valence-electron chi connectivity index (χ0n) is 18.9. The first kappa shape index (κ1) is 35.3. The predicted molar refractivity (Wildman–Crippen MR) is 113 cm³/mol. The average molecular weight is 452 g/mol. The molecule has 0 aliphatic rings. The van der Waals surface area contributed by atoms with E-state index in [9.17, 15) is 28.8 Å². The molecule has 12 heteroatoms. The Balaban J connectivity index is -0.000000174. The highest BCUT2D eigenvalue weighted by Gasteiger charge is 2.19. The van der Waals surface area contributed by atoms with Crippen LogP contribution in [0.2, 0.25) is 0 Å². The van der Waals surface area contributed by atoms with Gasteiger partial charge in [-0.05, 0) is 20.8 Å². The van der Waals surface area contributed by atoms with Gasteiger partial charge in [-0.15, -0.1) is 0 Å². The van der Waals surface area contributed by atoms with Crippen molar-refractivity contribution >= 4 is 35.6 Å². The molecule has 182 valence electrons. The maximum atomic E-state index is 10.6. The minimum absolute atomic E-state index is 0. The second-order valence-corrected chi connectivity index (χ2v) is 6.43. The van der Waals surface area contributed by atoms with Crippen molar-refractivity contribution in [2.45, 2.75) is 67.1 Å². The number of hydrogen-bond donors (Lipinski definition) is 3. The van der Waals surface area contributed by atoms with Crippen molar-refractivity contribution in [1.82, 2.24) is 14.7 Å². The van der Waals surface area contributed by atoms with Gasteiger partial charge in [-0.2, -0.15) is 0 Å². The van der Waals surface area contributed by atoms with E-state index >= 15 is 0 Å². The molecule has 0 aromatic carbocycles. The fourth-order valence-electron chi connectivity index (χ4n) is 1.32. The number of aliphatic carboxylic acids is 3. The fraction of sp³-hybridized carbons (Fsp3) is 0.684. The standard InChI is InChI=1S/3C6H11NO3.CH4/c3*1-4(6(9)10)7(3)5(2)8;/h3*4H,1-3H3,(H,9,10);1H4/t2*4-;;/m10../s1. The lowest BCUT2D eigenvalue weighted by atomic mass is 10.3. The number of hydrogen-bond acceptors (Lipinski definition) is 6. The van der Waals surface area contributed by atoms with Crippen LogP contribution in [-0.2, 0) is 28.8 Å². The number of carboxylic acid groups (broad SMARTS) is 3. The summed E-state index contributed by atoms with van der Waals surface area (Å²) >= 11 is 0. The lowest BCUT2D eigenvalue weighted by Crippen LogP contribution is -2.38. The molecule has 0 radical (unpaired) electrons. The van der Waals surface area contributed by atoms with Gasteiger partial charge in [0.15, 0.2) is 0 Å². The largest absolute Gasteiger partial charge is 0.480 e. The Morgan fingerprint density at radius 2 is 0.645 bits per heavy atom. The molecule has 0 aliphatic carbocycles. The number of carbonyl (C=O) groups is 6. The van der Waals surface area contributed by atoms with E-state index in [1.54, 1.807) is 0 Å². The van der Waals surface area contributed by atoms with Gasteiger partial charge in [0.05, 0.1) is 0 Å². The molecule has 0 fully saturated rings. The molecule has 0 aromatic rings. The van der Waals surface area contributed by atoms with Crippen molar-refractivity contribution in [3.05, 3.63) is 0 Å². The van der Waals surface area contributed by atoms with Crippen molar-refractivity contribution in [2.24, 2.45) is 0 Å². The maximum Gasteiger partial charge on any atom is 0.326 e. The van der Waals surface area contributed by atoms with E-state index in [-0.39, 0.29) is 25.1 Å². The molecule has 0 heterocycles. The molecule has 0 aromatic heterocycles. The Hall–Kier alpha value is -3.18. The number of carboxylic acids is 3. The zero-order chi connectivity index (χ0) is 24.9. The third-order valence-electron chi connectivity index (χ3n) is 4.31. The Kier molecular flexibility index (Phi) is 18.9. The van der Waals surface area contributed by atoms with Crippen LogP contribution in [0.1, 0.15) is 49.0 Å². The summed E-state index contributed by atoms with van der Waals surface area (Å²) in [6.07, 6.45) is 0. The second kappa shape index (κ2) is 16.6. The number of nitrogens with zero attached hydrogens (tertiary/aromatic N) is 3. The second-order valence-electron chi connectivity index (χ2n) is 6.43. The normalized spacial score (nSPS) is 11.9. The van der Waals surface area contributed by atoms with Crippen molar-refractivity contribution < 1.29 is 44.1 Å². The number of rotatable bonds is 6. The molecular weight excluding hydrogens is 414 g/mol. The average Bonchev–Trinajstić information content (AvgIpc) is 2.64. The highest BCUT2D eigenvalue weighted by Crippen LogP contribution is 1.96. The first-order valence-corrected chi connectivity index (χ1v) is 8.78. The summed E-state index contributed by atoms with van der Waals surface area (Å²) < 4.78 is 0. The molecule has 0 aliphatic heterocycles. The first-order valence-electron chi connectivity index (χ1n) is 8.78. The molecule has 3 atom stereocenters.